The molecule has 1 heteroatoms. The van der Waals surface area contributed by atoms with Crippen LogP contribution in [-0.2, 0) is 4.74 Å². The Morgan fingerprint density at radius 2 is 1.80 bits per heavy atom. The molecule has 0 atom stereocenters. The van der Waals surface area contributed by atoms with Crippen LogP contribution in [0.2, 0.25) is 0 Å². The zero-order valence-electron chi connectivity index (χ0n) is 6.26. The summed E-state index contributed by atoms with van der Waals surface area (Å²) in [7, 11) is 1.57. The molecule has 0 N–H and O–H groups in total. The van der Waals surface area contributed by atoms with Crippen molar-refractivity contribution in [3.63, 3.8) is 0 Å². The molecule has 0 saturated carbocycles. The van der Waals surface area contributed by atoms with Crippen molar-refractivity contribution in [2.24, 2.45) is 0 Å². The van der Waals surface area contributed by atoms with Gasteiger partial charge < -0.3 is 4.74 Å². The fraction of sp³-hybridized carbons (Fsp3) is 0.111. The van der Waals surface area contributed by atoms with Gasteiger partial charge in [-0.05, 0) is 11.6 Å². The maximum atomic E-state index is 4.82. The first kappa shape index (κ1) is 8.76. The van der Waals surface area contributed by atoms with Crippen molar-refractivity contribution < 1.29 is 4.74 Å². The van der Waals surface area contributed by atoms with E-state index in [0.717, 1.165) is 5.57 Å². The van der Waals surface area contributed by atoms with E-state index < -0.39 is 0 Å². The van der Waals surface area contributed by atoms with Gasteiger partial charge in [0, 0.05) is 0 Å². The summed E-state index contributed by atoms with van der Waals surface area (Å²) in [5, 5.41) is 0. The van der Waals surface area contributed by atoms with Crippen LogP contribution in [-0.4, -0.2) is 7.11 Å². The molecule has 0 bridgehead atoms. The van der Waals surface area contributed by atoms with E-state index in [4.69, 9.17) is 4.74 Å². The average molecular weight is 136 g/mol. The predicted octanol–water partition coefficient (Wildman–Crippen LogP) is 2.44. The molecule has 0 aromatic carbocycles. The third-order valence-electron chi connectivity index (χ3n) is 1.06. The highest BCUT2D eigenvalue weighted by atomic mass is 16.5. The van der Waals surface area contributed by atoms with Crippen LogP contribution in [0.1, 0.15) is 0 Å². The van der Waals surface area contributed by atoms with Crippen molar-refractivity contribution in [2.45, 2.75) is 0 Å². The molecule has 0 saturated heterocycles. The topological polar surface area (TPSA) is 9.23 Å². The van der Waals surface area contributed by atoms with Crippen LogP contribution in [0, 0.1) is 0 Å². The molecule has 0 aromatic heterocycles. The molecule has 0 aliphatic heterocycles. The van der Waals surface area contributed by atoms with Crippen LogP contribution in [0.25, 0.3) is 0 Å². The molecule has 0 rings (SSSR count). The third kappa shape index (κ3) is 2.92. The maximum absolute atomic E-state index is 4.82. The van der Waals surface area contributed by atoms with Crippen molar-refractivity contribution in [2.75, 3.05) is 7.11 Å². The second-order valence-corrected chi connectivity index (χ2v) is 1.72. The standard InChI is InChI=1S/C9H12O/c1-5-9(6-2)7-8(3)10-4/h5-7H,1-3H2,4H3. The van der Waals surface area contributed by atoms with E-state index in [1.807, 2.05) is 0 Å². The summed E-state index contributed by atoms with van der Waals surface area (Å²) in [6.07, 6.45) is 5.15. The van der Waals surface area contributed by atoms with E-state index in [-0.39, 0.29) is 0 Å². The second kappa shape index (κ2) is 4.62. The smallest absolute Gasteiger partial charge is 0.112 e. The molecule has 0 aliphatic rings. The van der Waals surface area contributed by atoms with Gasteiger partial charge >= 0.3 is 0 Å². The van der Waals surface area contributed by atoms with E-state index in [1.54, 1.807) is 25.3 Å². The maximum Gasteiger partial charge on any atom is 0.112 e. The van der Waals surface area contributed by atoms with E-state index >= 15 is 0 Å². The quantitative estimate of drug-likeness (QED) is 0.426. The monoisotopic (exact) mass is 136 g/mol. The van der Waals surface area contributed by atoms with Gasteiger partial charge in [-0.3, -0.25) is 0 Å². The zero-order valence-corrected chi connectivity index (χ0v) is 6.26. The minimum atomic E-state index is 0.606. The number of methoxy groups -OCH3 is 1. The first-order valence-electron chi connectivity index (χ1n) is 2.94. The van der Waals surface area contributed by atoms with Gasteiger partial charge in [-0.2, -0.15) is 0 Å². The third-order valence-corrected chi connectivity index (χ3v) is 1.06. The zero-order chi connectivity index (χ0) is 7.98. The van der Waals surface area contributed by atoms with Crippen LogP contribution in [0.5, 0.6) is 0 Å². The van der Waals surface area contributed by atoms with Crippen molar-refractivity contribution in [3.8, 4) is 0 Å². The van der Waals surface area contributed by atoms with Crippen molar-refractivity contribution >= 4 is 0 Å². The van der Waals surface area contributed by atoms with Crippen LogP contribution in [0.3, 0.4) is 0 Å². The van der Waals surface area contributed by atoms with Gasteiger partial charge in [0.2, 0.25) is 0 Å². The average Bonchev–Trinajstić information content (AvgIpc) is 1.99. The van der Waals surface area contributed by atoms with Gasteiger partial charge in [-0.25, -0.2) is 0 Å². The Kier molecular flexibility index (Phi) is 4.05. The minimum Gasteiger partial charge on any atom is -0.497 e. The molecule has 0 spiro atoms. The van der Waals surface area contributed by atoms with E-state index in [0.29, 0.717) is 5.76 Å². The first-order valence-corrected chi connectivity index (χ1v) is 2.94. The van der Waals surface area contributed by atoms with E-state index in [2.05, 4.69) is 19.7 Å². The summed E-state index contributed by atoms with van der Waals surface area (Å²) in [6, 6.07) is 0. The number of ether oxygens (including phenoxy) is 1. The largest absolute Gasteiger partial charge is 0.497 e. The predicted molar refractivity (Wildman–Crippen MR) is 44.6 cm³/mol. The van der Waals surface area contributed by atoms with Gasteiger partial charge in [-0.1, -0.05) is 31.9 Å². The Morgan fingerprint density at radius 1 is 1.30 bits per heavy atom. The second-order valence-electron chi connectivity index (χ2n) is 1.72. The summed E-state index contributed by atoms with van der Waals surface area (Å²) in [4.78, 5) is 0. The van der Waals surface area contributed by atoms with Crippen LogP contribution in [0.4, 0.5) is 0 Å². The highest BCUT2D eigenvalue weighted by Gasteiger charge is 1.85. The lowest BCUT2D eigenvalue weighted by atomic mass is 10.2. The molecule has 0 aromatic rings. The van der Waals surface area contributed by atoms with Crippen LogP contribution < -0.4 is 0 Å². The lowest BCUT2D eigenvalue weighted by Crippen LogP contribution is -1.79. The van der Waals surface area contributed by atoms with Crippen molar-refractivity contribution in [1.82, 2.24) is 0 Å². The Bertz CT molecular complexity index is 165. The Morgan fingerprint density at radius 3 is 2.10 bits per heavy atom. The number of rotatable bonds is 4. The molecule has 0 radical (unpaired) electrons. The highest BCUT2D eigenvalue weighted by Crippen LogP contribution is 2.02. The summed E-state index contributed by atoms with van der Waals surface area (Å²) >= 11 is 0. The Hall–Kier alpha value is -1.24. The van der Waals surface area contributed by atoms with Crippen molar-refractivity contribution in [1.29, 1.82) is 0 Å². The van der Waals surface area contributed by atoms with E-state index in [1.165, 1.54) is 0 Å². The lowest BCUT2D eigenvalue weighted by molar-refractivity contribution is 0.308. The van der Waals surface area contributed by atoms with E-state index in [9.17, 15) is 0 Å². The normalized spacial score (nSPS) is 7.70. The molecule has 0 heterocycles. The molecular formula is C9H12O. The molecule has 0 aliphatic carbocycles. The number of hydrogen-bond acceptors (Lipinski definition) is 1. The van der Waals surface area contributed by atoms with Crippen LogP contribution >= 0.6 is 0 Å². The Labute approximate surface area is 62.0 Å². The van der Waals surface area contributed by atoms with Gasteiger partial charge in [0.25, 0.3) is 0 Å². The molecule has 54 valence electrons. The summed E-state index contributed by atoms with van der Waals surface area (Å²) < 4.78 is 4.82. The van der Waals surface area contributed by atoms with Crippen molar-refractivity contribution in [3.05, 3.63) is 49.3 Å². The molecule has 0 fully saturated rings. The molecule has 10 heavy (non-hydrogen) atoms. The van der Waals surface area contributed by atoms with Gasteiger partial charge in [0.05, 0.1) is 7.11 Å². The summed E-state index contributed by atoms with van der Waals surface area (Å²) in [5.41, 5.74) is 0.909. The molecule has 0 amide bonds. The van der Waals surface area contributed by atoms with Gasteiger partial charge in [0.1, 0.15) is 5.76 Å². The first-order chi connectivity index (χ1) is 4.74. The number of hydrogen-bond donors (Lipinski definition) is 0. The fourth-order valence-corrected chi connectivity index (χ4v) is 0.446. The SMILES string of the molecule is C=CC(C=C)=CC(=C)OC. The highest BCUT2D eigenvalue weighted by molar-refractivity contribution is 5.32. The molecular weight excluding hydrogens is 124 g/mol. The van der Waals surface area contributed by atoms with Gasteiger partial charge in [-0.15, -0.1) is 0 Å². The summed E-state index contributed by atoms with van der Waals surface area (Å²) in [5.74, 6) is 0.606. The molecule has 1 nitrogen and oxygen atoms in total. The van der Waals surface area contributed by atoms with Gasteiger partial charge in [0.15, 0.2) is 0 Å². The molecule has 0 unspecified atom stereocenters. The lowest BCUT2D eigenvalue weighted by Gasteiger charge is -1.96. The Balaban J connectivity index is 4.23. The summed E-state index contributed by atoms with van der Waals surface area (Å²) in [6.45, 7) is 10.8. The fourth-order valence-electron chi connectivity index (χ4n) is 0.446. The minimum absolute atomic E-state index is 0.606. The number of allylic oxidation sites excluding steroid dienone is 4. The van der Waals surface area contributed by atoms with Crippen LogP contribution in [0.15, 0.2) is 49.3 Å².